The Morgan fingerprint density at radius 2 is 1.61 bits per heavy atom. The zero-order valence-corrected chi connectivity index (χ0v) is 12.5. The van der Waals surface area contributed by atoms with Gasteiger partial charge in [-0.25, -0.2) is 0 Å². The summed E-state index contributed by atoms with van der Waals surface area (Å²) in [6.07, 6.45) is 0. The number of aromatic hydroxyl groups is 2. The average molecular weight is 312 g/mol. The highest BCUT2D eigenvalue weighted by molar-refractivity contribution is 6.31. The maximum absolute atomic E-state index is 12.8. The van der Waals surface area contributed by atoms with E-state index in [1.807, 2.05) is 0 Å². The minimum Gasteiger partial charge on any atom is -0.507 e. The lowest BCUT2D eigenvalue weighted by Crippen LogP contribution is -2.24. The Morgan fingerprint density at radius 3 is 2.35 bits per heavy atom. The zero-order valence-electron chi connectivity index (χ0n) is 12.5. The first-order valence-corrected chi connectivity index (χ1v) is 7.22. The van der Waals surface area contributed by atoms with Gasteiger partial charge in [-0.2, -0.15) is 0 Å². The molecule has 0 heterocycles. The van der Waals surface area contributed by atoms with Crippen LogP contribution in [0.15, 0.2) is 30.3 Å². The first-order valence-electron chi connectivity index (χ1n) is 7.22. The van der Waals surface area contributed by atoms with Crippen molar-refractivity contribution in [1.29, 1.82) is 0 Å². The molecule has 0 atom stereocenters. The van der Waals surface area contributed by atoms with Crippen molar-refractivity contribution in [1.82, 2.24) is 5.32 Å². The smallest absolute Gasteiger partial charge is 0.200 e. The first-order chi connectivity index (χ1) is 11.1. The summed E-state index contributed by atoms with van der Waals surface area (Å²) in [6.45, 7) is 1.21. The van der Waals surface area contributed by atoms with Gasteiger partial charge in [-0.3, -0.25) is 9.59 Å². The number of hydrogen-bond acceptors (Lipinski definition) is 6. The molecule has 1 aliphatic rings. The maximum atomic E-state index is 12.8. The number of benzene rings is 2. The van der Waals surface area contributed by atoms with E-state index in [1.54, 1.807) is 13.1 Å². The summed E-state index contributed by atoms with van der Waals surface area (Å²) in [5.41, 5.74) is 0.611. The number of ketones is 2. The van der Waals surface area contributed by atoms with E-state index in [0.717, 1.165) is 0 Å². The van der Waals surface area contributed by atoms with Gasteiger partial charge < -0.3 is 20.8 Å². The number of likely N-dealkylation sites (N-methyl/N-ethyl adjacent to an activating group) is 1. The molecule has 6 nitrogen and oxygen atoms in total. The van der Waals surface area contributed by atoms with Crippen molar-refractivity contribution in [3.63, 3.8) is 0 Å². The molecule has 118 valence electrons. The van der Waals surface area contributed by atoms with Gasteiger partial charge in [-0.1, -0.05) is 12.1 Å². The van der Waals surface area contributed by atoms with Crippen LogP contribution in [-0.4, -0.2) is 41.9 Å². The van der Waals surface area contributed by atoms with E-state index in [0.29, 0.717) is 18.8 Å². The van der Waals surface area contributed by atoms with Crippen LogP contribution in [0.3, 0.4) is 0 Å². The van der Waals surface area contributed by atoms with Crippen LogP contribution in [0.25, 0.3) is 0 Å². The van der Waals surface area contributed by atoms with Crippen molar-refractivity contribution >= 4 is 17.3 Å². The van der Waals surface area contributed by atoms with Crippen LogP contribution in [0.4, 0.5) is 5.69 Å². The van der Waals surface area contributed by atoms with E-state index in [9.17, 15) is 19.8 Å². The molecule has 0 radical (unpaired) electrons. The van der Waals surface area contributed by atoms with Gasteiger partial charge in [0.25, 0.3) is 0 Å². The number of phenolic OH excluding ortho intramolecular Hbond substituents is 2. The number of carbonyl (C=O) groups excluding carboxylic acids is 2. The van der Waals surface area contributed by atoms with E-state index < -0.39 is 11.6 Å². The van der Waals surface area contributed by atoms with Crippen molar-refractivity contribution in [3.05, 3.63) is 52.6 Å². The van der Waals surface area contributed by atoms with E-state index in [1.165, 1.54) is 24.3 Å². The topological polar surface area (TPSA) is 98.7 Å². The molecule has 6 heteroatoms. The van der Waals surface area contributed by atoms with E-state index in [4.69, 9.17) is 0 Å². The number of hydrogen-bond donors (Lipinski definition) is 4. The second-order valence-electron chi connectivity index (χ2n) is 5.27. The molecule has 2 aromatic rings. The van der Waals surface area contributed by atoms with Gasteiger partial charge in [0, 0.05) is 24.3 Å². The number of carbonyl (C=O) groups is 2. The SMILES string of the molecule is CNCCNc1ccc(O)c2c1C(=O)c1c(O)cccc1C2=O. The lowest BCUT2D eigenvalue weighted by atomic mass is 9.82. The second kappa shape index (κ2) is 5.73. The molecule has 0 aromatic heterocycles. The summed E-state index contributed by atoms with van der Waals surface area (Å²) in [5, 5.41) is 26.1. The highest BCUT2D eigenvalue weighted by Crippen LogP contribution is 2.39. The zero-order chi connectivity index (χ0) is 16.6. The Balaban J connectivity index is 2.18. The lowest BCUT2D eigenvalue weighted by molar-refractivity contribution is 0.0975. The Kier molecular flexibility index (Phi) is 3.75. The molecular formula is C17H16N2O4. The number of fused-ring (bicyclic) bond motifs is 2. The monoisotopic (exact) mass is 312 g/mol. The summed E-state index contributed by atoms with van der Waals surface area (Å²) in [7, 11) is 1.80. The van der Waals surface area contributed by atoms with Gasteiger partial charge in [-0.15, -0.1) is 0 Å². The van der Waals surface area contributed by atoms with Crippen LogP contribution in [0.1, 0.15) is 31.8 Å². The maximum Gasteiger partial charge on any atom is 0.200 e. The summed E-state index contributed by atoms with van der Waals surface area (Å²) in [6, 6.07) is 7.28. The molecule has 1 aliphatic carbocycles. The molecule has 0 saturated carbocycles. The van der Waals surface area contributed by atoms with E-state index in [-0.39, 0.29) is 33.8 Å². The normalized spacial score (nSPS) is 12.7. The summed E-state index contributed by atoms with van der Waals surface area (Å²) >= 11 is 0. The molecule has 0 unspecified atom stereocenters. The van der Waals surface area contributed by atoms with Gasteiger partial charge in [0.2, 0.25) is 0 Å². The van der Waals surface area contributed by atoms with Gasteiger partial charge >= 0.3 is 0 Å². The quantitative estimate of drug-likeness (QED) is 0.430. The predicted molar refractivity (Wildman–Crippen MR) is 85.5 cm³/mol. The number of nitrogens with one attached hydrogen (secondary N) is 2. The van der Waals surface area contributed by atoms with Crippen molar-refractivity contribution in [2.75, 3.05) is 25.5 Å². The van der Waals surface area contributed by atoms with Crippen molar-refractivity contribution in [2.45, 2.75) is 0 Å². The fraction of sp³-hybridized carbons (Fsp3) is 0.176. The van der Waals surface area contributed by atoms with Gasteiger partial charge in [-0.05, 0) is 25.2 Å². The molecule has 23 heavy (non-hydrogen) atoms. The van der Waals surface area contributed by atoms with Crippen LogP contribution in [-0.2, 0) is 0 Å². The highest BCUT2D eigenvalue weighted by Gasteiger charge is 2.35. The van der Waals surface area contributed by atoms with Crippen molar-refractivity contribution in [2.24, 2.45) is 0 Å². The lowest BCUT2D eigenvalue weighted by Gasteiger charge is -2.22. The Bertz CT molecular complexity index is 814. The van der Waals surface area contributed by atoms with E-state index in [2.05, 4.69) is 10.6 Å². The Labute approximate surface area is 132 Å². The fourth-order valence-electron chi connectivity index (χ4n) is 2.75. The van der Waals surface area contributed by atoms with Crippen molar-refractivity contribution in [3.8, 4) is 11.5 Å². The van der Waals surface area contributed by atoms with Crippen LogP contribution >= 0.6 is 0 Å². The number of phenols is 2. The van der Waals surface area contributed by atoms with Crippen molar-refractivity contribution < 1.29 is 19.8 Å². The van der Waals surface area contributed by atoms with Gasteiger partial charge in [0.15, 0.2) is 11.6 Å². The molecule has 3 rings (SSSR count). The molecule has 0 amide bonds. The minimum absolute atomic E-state index is 0.0210. The second-order valence-corrected chi connectivity index (χ2v) is 5.27. The standard InChI is InChI=1S/C17H16N2O4/c1-18-7-8-19-10-5-6-12(21)15-14(10)17(23)13-9(16(15)22)3-2-4-11(13)20/h2-6,18-21H,7-8H2,1H3. The Morgan fingerprint density at radius 1 is 0.870 bits per heavy atom. The molecule has 0 aliphatic heterocycles. The molecule has 2 aromatic carbocycles. The molecule has 4 N–H and O–H groups in total. The van der Waals surface area contributed by atoms with Crippen LogP contribution in [0, 0.1) is 0 Å². The largest absolute Gasteiger partial charge is 0.507 e. The summed E-state index contributed by atoms with van der Waals surface area (Å²) in [4.78, 5) is 25.4. The minimum atomic E-state index is -0.476. The van der Waals surface area contributed by atoms with Crippen LogP contribution in [0.5, 0.6) is 11.5 Å². The highest BCUT2D eigenvalue weighted by atomic mass is 16.3. The van der Waals surface area contributed by atoms with Gasteiger partial charge in [0.05, 0.1) is 16.7 Å². The van der Waals surface area contributed by atoms with Crippen LogP contribution < -0.4 is 10.6 Å². The summed E-state index contributed by atoms with van der Waals surface area (Å²) in [5.74, 6) is -1.43. The molecule has 0 spiro atoms. The van der Waals surface area contributed by atoms with E-state index >= 15 is 0 Å². The van der Waals surface area contributed by atoms with Gasteiger partial charge in [0.1, 0.15) is 11.5 Å². The third kappa shape index (κ3) is 2.33. The third-order valence-electron chi connectivity index (χ3n) is 3.84. The third-order valence-corrected chi connectivity index (χ3v) is 3.84. The number of rotatable bonds is 4. The number of anilines is 1. The molecule has 0 bridgehead atoms. The predicted octanol–water partition coefficient (Wildman–Crippen LogP) is 1.50. The molecule has 0 fully saturated rings. The molecular weight excluding hydrogens is 296 g/mol. The van der Waals surface area contributed by atoms with Crippen LogP contribution in [0.2, 0.25) is 0 Å². The average Bonchev–Trinajstić information content (AvgIpc) is 2.53. The Hall–Kier alpha value is -2.86. The molecule has 0 saturated heterocycles. The fourth-order valence-corrected chi connectivity index (χ4v) is 2.75. The first kappa shape index (κ1) is 15.1. The summed E-state index contributed by atoms with van der Waals surface area (Å²) < 4.78 is 0.